The van der Waals surface area contributed by atoms with Gasteiger partial charge in [0.25, 0.3) is 5.91 Å². The van der Waals surface area contributed by atoms with E-state index in [0.717, 1.165) is 4.90 Å². The van der Waals surface area contributed by atoms with Gasteiger partial charge in [0.1, 0.15) is 0 Å². The maximum Gasteiger partial charge on any atom is 0.426 e. The van der Waals surface area contributed by atoms with Crippen LogP contribution < -0.4 is 16.2 Å². The fourth-order valence-corrected chi connectivity index (χ4v) is 2.01. The Morgan fingerprint density at radius 2 is 2.00 bits per heavy atom. The molecule has 3 N–H and O–H groups in total. The van der Waals surface area contributed by atoms with E-state index in [2.05, 4.69) is 20.9 Å². The van der Waals surface area contributed by atoms with E-state index < -0.39 is 18.0 Å². The van der Waals surface area contributed by atoms with Gasteiger partial charge >= 0.3 is 12.1 Å². The van der Waals surface area contributed by atoms with Crippen LogP contribution in [0.15, 0.2) is 24.3 Å². The molecule has 5 amide bonds. The minimum Gasteiger partial charge on any atom is -0.449 e. The molecular formula is C14H16N4O5. The molecule has 2 rings (SSSR count). The van der Waals surface area contributed by atoms with E-state index in [4.69, 9.17) is 0 Å². The lowest BCUT2D eigenvalue weighted by Gasteiger charge is -2.15. The third kappa shape index (κ3) is 3.96. The number of benzene rings is 1. The minimum atomic E-state index is -0.785. The first-order chi connectivity index (χ1) is 11.0. The second-order valence-corrected chi connectivity index (χ2v) is 4.60. The van der Waals surface area contributed by atoms with Gasteiger partial charge in [0.05, 0.1) is 19.7 Å². The molecule has 0 unspecified atom stereocenters. The van der Waals surface area contributed by atoms with Crippen LogP contribution >= 0.6 is 0 Å². The van der Waals surface area contributed by atoms with Crippen LogP contribution in [0.2, 0.25) is 0 Å². The summed E-state index contributed by atoms with van der Waals surface area (Å²) in [5, 5.41) is 2.41. The Bertz CT molecular complexity index is 630. The van der Waals surface area contributed by atoms with Crippen molar-refractivity contribution < 1.29 is 23.9 Å². The van der Waals surface area contributed by atoms with Crippen molar-refractivity contribution in [3.8, 4) is 0 Å². The van der Waals surface area contributed by atoms with Crippen molar-refractivity contribution in [2.75, 3.05) is 13.2 Å². The number of carbonyl (C=O) groups is 4. The molecule has 0 saturated carbocycles. The van der Waals surface area contributed by atoms with E-state index in [1.165, 1.54) is 6.07 Å². The van der Waals surface area contributed by atoms with Crippen LogP contribution in [0.4, 0.5) is 9.59 Å². The van der Waals surface area contributed by atoms with Gasteiger partial charge in [0, 0.05) is 5.56 Å². The van der Waals surface area contributed by atoms with Gasteiger partial charge in [-0.3, -0.25) is 19.9 Å². The summed E-state index contributed by atoms with van der Waals surface area (Å²) in [5.74, 6) is -0.949. The Morgan fingerprint density at radius 1 is 1.26 bits per heavy atom. The average Bonchev–Trinajstić information content (AvgIpc) is 2.85. The van der Waals surface area contributed by atoms with E-state index in [-0.39, 0.29) is 31.2 Å². The maximum atomic E-state index is 12.1. The Hall–Kier alpha value is -3.10. The predicted molar refractivity (Wildman–Crippen MR) is 78.0 cm³/mol. The lowest BCUT2D eigenvalue weighted by Crippen LogP contribution is -2.42. The van der Waals surface area contributed by atoms with Crippen LogP contribution in [0, 0.1) is 0 Å². The van der Waals surface area contributed by atoms with Crippen LogP contribution in [-0.4, -0.2) is 42.0 Å². The smallest absolute Gasteiger partial charge is 0.426 e. The fourth-order valence-electron chi connectivity index (χ4n) is 2.01. The van der Waals surface area contributed by atoms with Gasteiger partial charge in [0.2, 0.25) is 5.91 Å². The Kier molecular flexibility index (Phi) is 5.13. The van der Waals surface area contributed by atoms with Crippen LogP contribution in [0.1, 0.15) is 22.8 Å². The van der Waals surface area contributed by atoms with E-state index >= 15 is 0 Å². The number of nitrogens with zero attached hydrogens (tertiary/aromatic N) is 1. The monoisotopic (exact) mass is 320 g/mol. The Balaban J connectivity index is 2.08. The van der Waals surface area contributed by atoms with Gasteiger partial charge in [-0.2, -0.15) is 0 Å². The van der Waals surface area contributed by atoms with Crippen molar-refractivity contribution in [1.82, 2.24) is 21.1 Å². The maximum absolute atomic E-state index is 12.1. The van der Waals surface area contributed by atoms with Gasteiger partial charge in [-0.15, -0.1) is 0 Å². The highest BCUT2D eigenvalue weighted by Crippen LogP contribution is 2.13. The zero-order valence-electron chi connectivity index (χ0n) is 12.4. The molecule has 0 radical (unpaired) electrons. The topological polar surface area (TPSA) is 117 Å². The van der Waals surface area contributed by atoms with Crippen molar-refractivity contribution in [2.45, 2.75) is 13.5 Å². The lowest BCUT2D eigenvalue weighted by atomic mass is 10.1. The molecule has 0 bridgehead atoms. The summed E-state index contributed by atoms with van der Waals surface area (Å²) in [5.41, 5.74) is 5.01. The van der Waals surface area contributed by atoms with Crippen molar-refractivity contribution in [2.24, 2.45) is 0 Å². The molecule has 1 fully saturated rings. The number of ether oxygens (including phenoxy) is 1. The zero-order valence-corrected chi connectivity index (χ0v) is 12.4. The van der Waals surface area contributed by atoms with Crippen molar-refractivity contribution in [3.63, 3.8) is 0 Å². The number of imide groups is 1. The summed E-state index contributed by atoms with van der Waals surface area (Å²) in [4.78, 5) is 47.5. The summed E-state index contributed by atoms with van der Waals surface area (Å²) >= 11 is 0. The number of amides is 5. The third-order valence-corrected chi connectivity index (χ3v) is 3.08. The number of nitrogens with one attached hydrogen (secondary N) is 3. The molecule has 1 aliphatic rings. The third-order valence-electron chi connectivity index (χ3n) is 3.08. The van der Waals surface area contributed by atoms with E-state index in [1.54, 1.807) is 25.1 Å². The summed E-state index contributed by atoms with van der Waals surface area (Å²) < 4.78 is 4.62. The number of carbonyl (C=O) groups excluding carboxylic acids is 4. The van der Waals surface area contributed by atoms with Gasteiger partial charge in [-0.25, -0.2) is 15.0 Å². The molecule has 1 aromatic rings. The number of hydrogen-bond acceptors (Lipinski definition) is 5. The van der Waals surface area contributed by atoms with Crippen LogP contribution in [0.5, 0.6) is 0 Å². The number of hydrazine groups is 1. The molecule has 1 heterocycles. The molecule has 0 spiro atoms. The van der Waals surface area contributed by atoms with E-state index in [9.17, 15) is 19.2 Å². The first-order valence-corrected chi connectivity index (χ1v) is 6.92. The average molecular weight is 320 g/mol. The molecule has 23 heavy (non-hydrogen) atoms. The second-order valence-electron chi connectivity index (χ2n) is 4.60. The molecule has 9 nitrogen and oxygen atoms in total. The number of rotatable bonds is 4. The largest absolute Gasteiger partial charge is 0.449 e. The molecule has 9 heteroatoms. The highest BCUT2D eigenvalue weighted by Gasteiger charge is 2.29. The van der Waals surface area contributed by atoms with Crippen LogP contribution in [0.25, 0.3) is 0 Å². The molecule has 1 aliphatic heterocycles. The summed E-state index contributed by atoms with van der Waals surface area (Å²) in [7, 11) is 0. The molecule has 1 saturated heterocycles. The quantitative estimate of drug-likeness (QED) is 0.538. The molecule has 0 aromatic heterocycles. The van der Waals surface area contributed by atoms with E-state index in [1.807, 2.05) is 0 Å². The highest BCUT2D eigenvalue weighted by atomic mass is 16.5. The predicted octanol–water partition coefficient (Wildman–Crippen LogP) is 0.129. The molecule has 122 valence electrons. The summed E-state index contributed by atoms with van der Waals surface area (Å²) in [6.45, 7) is 1.71. The van der Waals surface area contributed by atoms with E-state index in [0.29, 0.717) is 5.56 Å². The van der Waals surface area contributed by atoms with Gasteiger partial charge in [-0.1, -0.05) is 18.2 Å². The van der Waals surface area contributed by atoms with Crippen molar-refractivity contribution in [1.29, 1.82) is 0 Å². The van der Waals surface area contributed by atoms with Crippen molar-refractivity contribution in [3.05, 3.63) is 35.4 Å². The van der Waals surface area contributed by atoms with Gasteiger partial charge < -0.3 is 10.1 Å². The SMILES string of the molecule is CCOC(=O)NNC(=O)c1ccccc1CN1C(=O)CNC1=O. The normalized spacial score (nSPS) is 13.5. The first-order valence-electron chi connectivity index (χ1n) is 6.92. The van der Waals surface area contributed by atoms with Crippen LogP contribution in [-0.2, 0) is 16.1 Å². The highest BCUT2D eigenvalue weighted by molar-refractivity contribution is 6.02. The number of urea groups is 1. The van der Waals surface area contributed by atoms with Gasteiger partial charge in [0.15, 0.2) is 0 Å². The van der Waals surface area contributed by atoms with Crippen molar-refractivity contribution >= 4 is 23.9 Å². The van der Waals surface area contributed by atoms with Crippen LogP contribution in [0.3, 0.4) is 0 Å². The Morgan fingerprint density at radius 3 is 2.65 bits per heavy atom. The molecular weight excluding hydrogens is 304 g/mol. The Labute approximate surface area is 131 Å². The second kappa shape index (κ2) is 7.25. The fraction of sp³-hybridized carbons (Fsp3) is 0.286. The number of hydrogen-bond donors (Lipinski definition) is 3. The molecule has 0 atom stereocenters. The standard InChI is InChI=1S/C14H16N4O5/c1-2-23-14(22)17-16-12(20)10-6-4-3-5-9(10)8-18-11(19)7-15-13(18)21/h3-6H,2,7-8H2,1H3,(H,15,21)(H,16,20)(H,17,22). The lowest BCUT2D eigenvalue weighted by molar-refractivity contribution is -0.125. The zero-order chi connectivity index (χ0) is 16.8. The summed E-state index contributed by atoms with van der Waals surface area (Å²) in [6, 6.07) is 5.96. The molecule has 1 aromatic carbocycles. The van der Waals surface area contributed by atoms with Gasteiger partial charge in [-0.05, 0) is 18.6 Å². The summed E-state index contributed by atoms with van der Waals surface area (Å²) in [6.07, 6.45) is -0.785. The molecule has 0 aliphatic carbocycles. The minimum absolute atomic E-state index is 0.0341. The first kappa shape index (κ1) is 16.3.